The van der Waals surface area contributed by atoms with Crippen molar-refractivity contribution in [2.24, 2.45) is 0 Å². The fraction of sp³-hybridized carbons (Fsp3) is 0. The summed E-state index contributed by atoms with van der Waals surface area (Å²) in [5, 5.41) is -0.272. The van der Waals surface area contributed by atoms with Crippen LogP contribution in [0.15, 0.2) is 150 Å². The Morgan fingerprint density at radius 2 is 0.949 bits per heavy atom. The van der Waals surface area contributed by atoms with Crippen molar-refractivity contribution in [1.29, 1.82) is 0 Å². The van der Waals surface area contributed by atoms with Crippen LogP contribution in [0.4, 0.5) is 0 Å². The van der Waals surface area contributed by atoms with Gasteiger partial charge in [0.1, 0.15) is 11.2 Å². The van der Waals surface area contributed by atoms with Crippen LogP contribution < -0.4 is 0 Å². The number of para-hydroxylation sites is 1. The SMILES string of the molecule is [2H]c1c([2H])c([2H])c(-c2c([2H])c([2H])c([2H])c([2H])c2-c2c3c([2H])c([2H])c([2H])c([2H])c3c(-c3cccc4oc5ccccc5c34)c3c([2H])c([2H])c([2H])c([2H])c23)c([2H])c1[2H]. The summed E-state index contributed by atoms with van der Waals surface area (Å²) >= 11 is 0. The van der Waals surface area contributed by atoms with Crippen LogP contribution in [-0.2, 0) is 0 Å². The number of hydrogen-bond donors (Lipinski definition) is 0. The van der Waals surface area contributed by atoms with Crippen LogP contribution in [0.1, 0.15) is 23.3 Å². The molecule has 1 nitrogen and oxygen atoms in total. The molecule has 8 aromatic rings. The Hall–Kier alpha value is -5.14. The fourth-order valence-electron chi connectivity index (χ4n) is 5.19. The molecule has 0 aliphatic carbocycles. The zero-order valence-corrected chi connectivity index (χ0v) is 19.9. The van der Waals surface area contributed by atoms with Crippen LogP contribution in [0.5, 0.6) is 0 Å². The normalized spacial score (nSPS) is 17.7. The van der Waals surface area contributed by atoms with Crippen LogP contribution in [0.3, 0.4) is 0 Å². The monoisotopic (exact) mass is 513 g/mol. The van der Waals surface area contributed by atoms with Gasteiger partial charge in [-0.25, -0.2) is 0 Å². The lowest BCUT2D eigenvalue weighted by Gasteiger charge is -2.20. The van der Waals surface area contributed by atoms with Crippen molar-refractivity contribution in [3.05, 3.63) is 145 Å². The molecule has 0 radical (unpaired) electrons. The summed E-state index contributed by atoms with van der Waals surface area (Å²) < 4.78 is 157. The molecular weight excluding hydrogens is 472 g/mol. The van der Waals surface area contributed by atoms with E-state index < -0.39 is 136 Å². The van der Waals surface area contributed by atoms with Crippen LogP contribution >= 0.6 is 0 Å². The molecule has 0 saturated heterocycles. The third kappa shape index (κ3) is 3.34. The highest BCUT2D eigenvalue weighted by molar-refractivity contribution is 6.26. The first-order valence-electron chi connectivity index (χ1n) is 20.5. The maximum Gasteiger partial charge on any atom is 0.136 e. The van der Waals surface area contributed by atoms with Crippen LogP contribution in [0, 0.1) is 0 Å². The Bertz CT molecular complexity index is 3000. The quantitative estimate of drug-likeness (QED) is 0.214. The van der Waals surface area contributed by atoms with Gasteiger partial charge in [-0.3, -0.25) is 0 Å². The lowest BCUT2D eigenvalue weighted by molar-refractivity contribution is 0.669. The number of hydrogen-bond acceptors (Lipinski definition) is 1. The highest BCUT2D eigenvalue weighted by atomic mass is 16.3. The maximum atomic E-state index is 9.36. The van der Waals surface area contributed by atoms with Crippen LogP contribution in [0.25, 0.3) is 76.9 Å². The molecule has 0 N–H and O–H groups in total. The molecular formula is C38H24O. The van der Waals surface area contributed by atoms with E-state index >= 15 is 0 Å². The lowest BCUT2D eigenvalue weighted by atomic mass is 9.83. The number of furan rings is 1. The van der Waals surface area contributed by atoms with E-state index in [9.17, 15) is 6.85 Å². The summed E-state index contributed by atoms with van der Waals surface area (Å²) in [5.74, 6) is 0. The second-order valence-corrected chi connectivity index (χ2v) is 8.78. The molecule has 0 fully saturated rings. The van der Waals surface area contributed by atoms with E-state index in [1.807, 2.05) is 0 Å². The molecule has 0 aliphatic rings. The van der Waals surface area contributed by atoms with Gasteiger partial charge in [-0.1, -0.05) is 133 Å². The number of rotatable bonds is 3. The van der Waals surface area contributed by atoms with E-state index in [1.54, 1.807) is 42.5 Å². The van der Waals surface area contributed by atoms with Crippen molar-refractivity contribution in [3.8, 4) is 33.4 Å². The lowest BCUT2D eigenvalue weighted by Crippen LogP contribution is -1.93. The van der Waals surface area contributed by atoms with E-state index in [-0.39, 0.29) is 21.9 Å². The van der Waals surface area contributed by atoms with Gasteiger partial charge in [-0.15, -0.1) is 0 Å². The summed E-state index contributed by atoms with van der Waals surface area (Å²) in [6.45, 7) is 0. The van der Waals surface area contributed by atoms with Gasteiger partial charge in [-0.05, 0) is 67.1 Å². The van der Waals surface area contributed by atoms with E-state index in [2.05, 4.69) is 0 Å². The third-order valence-corrected chi connectivity index (χ3v) is 6.73. The molecule has 0 amide bonds. The molecule has 39 heavy (non-hydrogen) atoms. The first-order valence-corrected chi connectivity index (χ1v) is 12.0. The highest BCUT2D eigenvalue weighted by Crippen LogP contribution is 2.48. The van der Waals surface area contributed by atoms with Crippen molar-refractivity contribution < 1.29 is 27.7 Å². The first kappa shape index (κ1) is 10.9. The predicted octanol–water partition coefficient (Wildman–Crippen LogP) is 10.9. The topological polar surface area (TPSA) is 13.1 Å². The predicted molar refractivity (Wildman–Crippen MR) is 165 cm³/mol. The molecule has 1 heterocycles. The molecule has 0 aliphatic heterocycles. The Labute approximate surface area is 250 Å². The largest absolute Gasteiger partial charge is 0.456 e. The molecule has 0 bridgehead atoms. The van der Waals surface area contributed by atoms with Crippen molar-refractivity contribution >= 4 is 43.5 Å². The van der Waals surface area contributed by atoms with Gasteiger partial charge in [0.15, 0.2) is 0 Å². The van der Waals surface area contributed by atoms with Gasteiger partial charge in [0.25, 0.3) is 0 Å². The second-order valence-electron chi connectivity index (χ2n) is 8.78. The minimum Gasteiger partial charge on any atom is -0.456 e. The van der Waals surface area contributed by atoms with Gasteiger partial charge in [0, 0.05) is 10.8 Å². The molecule has 1 heteroatoms. The van der Waals surface area contributed by atoms with Gasteiger partial charge < -0.3 is 4.42 Å². The van der Waals surface area contributed by atoms with Crippen LogP contribution in [0.2, 0.25) is 0 Å². The summed E-state index contributed by atoms with van der Waals surface area (Å²) in [4.78, 5) is 0. The van der Waals surface area contributed by atoms with E-state index in [1.165, 1.54) is 0 Å². The molecule has 0 atom stereocenters. The van der Waals surface area contributed by atoms with Gasteiger partial charge >= 0.3 is 0 Å². The van der Waals surface area contributed by atoms with E-state index in [0.29, 0.717) is 21.9 Å². The van der Waals surface area contributed by atoms with Gasteiger partial charge in [0.05, 0.1) is 23.3 Å². The van der Waals surface area contributed by atoms with Crippen molar-refractivity contribution in [2.45, 2.75) is 0 Å². The zero-order valence-electron chi connectivity index (χ0n) is 36.9. The van der Waals surface area contributed by atoms with Gasteiger partial charge in [0.2, 0.25) is 0 Å². The van der Waals surface area contributed by atoms with Crippen molar-refractivity contribution in [1.82, 2.24) is 0 Å². The molecule has 182 valence electrons. The van der Waals surface area contributed by atoms with Crippen molar-refractivity contribution in [2.75, 3.05) is 0 Å². The van der Waals surface area contributed by atoms with E-state index in [4.69, 9.17) is 20.9 Å². The van der Waals surface area contributed by atoms with E-state index in [0.717, 1.165) is 0 Å². The summed E-state index contributed by atoms with van der Waals surface area (Å²) in [6.07, 6.45) is 0. The molecule has 8 rings (SSSR count). The smallest absolute Gasteiger partial charge is 0.136 e. The second kappa shape index (κ2) is 8.72. The van der Waals surface area contributed by atoms with Crippen molar-refractivity contribution in [3.63, 3.8) is 0 Å². The average Bonchev–Trinajstić information content (AvgIpc) is 3.58. The molecule has 1 aromatic heterocycles. The summed E-state index contributed by atoms with van der Waals surface area (Å²) in [5.41, 5.74) is -1.31. The Kier molecular flexibility index (Phi) is 2.44. The zero-order chi connectivity index (χ0) is 40.6. The highest BCUT2D eigenvalue weighted by Gasteiger charge is 2.21. The molecule has 7 aromatic carbocycles. The molecule has 0 spiro atoms. The number of fused-ring (bicyclic) bond motifs is 5. The Morgan fingerprint density at radius 3 is 1.64 bits per heavy atom. The minimum absolute atomic E-state index is 0.0416. The summed E-state index contributed by atoms with van der Waals surface area (Å²) in [7, 11) is 0. The minimum atomic E-state index is -0.860. The first-order chi connectivity index (χ1) is 26.4. The van der Waals surface area contributed by atoms with Crippen LogP contribution in [-0.4, -0.2) is 0 Å². The summed E-state index contributed by atoms with van der Waals surface area (Å²) in [6, 6.07) is -1.31. The Morgan fingerprint density at radius 1 is 0.410 bits per heavy atom. The maximum absolute atomic E-state index is 9.36. The van der Waals surface area contributed by atoms with Gasteiger partial charge in [-0.2, -0.15) is 0 Å². The molecule has 0 saturated carbocycles. The third-order valence-electron chi connectivity index (χ3n) is 6.73. The standard InChI is InChI=1S/C38H24O/c1-2-13-25(14-3-1)26-15-4-5-16-27(26)36-28-17-6-8-19-30(28)37(31-20-9-7-18-29(31)36)33-22-12-24-35-38(33)32-21-10-11-23-34(32)39-35/h1-24H/i1D,2D,3D,4D,5D,6D,7D,8D,9D,13D,14D,15D,16D,17D,18D,19D,20D. The average molecular weight is 514 g/mol. The number of benzene rings is 7. The fourth-order valence-corrected chi connectivity index (χ4v) is 5.19. The Balaban J connectivity index is 1.77. The molecule has 0 unspecified atom stereocenters.